The van der Waals surface area contributed by atoms with Gasteiger partial charge in [0, 0.05) is 12.3 Å². The summed E-state index contributed by atoms with van der Waals surface area (Å²) in [5, 5.41) is 0. The molecule has 0 unspecified atom stereocenters. The monoisotopic (exact) mass is 183 g/mol. The van der Waals surface area contributed by atoms with Gasteiger partial charge in [-0.15, -0.1) is 0 Å². The molecule has 0 N–H and O–H groups in total. The molecule has 0 aliphatic rings. The standard InChI is InChI=1S/C12H25N/c1-9(2)11(5)13-8-12(6,7)10(3)4/h9-10H,8H2,1-7H3. The Morgan fingerprint density at radius 2 is 1.62 bits per heavy atom. The lowest BCUT2D eigenvalue weighted by Crippen LogP contribution is -2.23. The molecule has 0 atom stereocenters. The molecule has 0 aromatic carbocycles. The van der Waals surface area contributed by atoms with Crippen molar-refractivity contribution in [2.75, 3.05) is 6.54 Å². The molecule has 0 aromatic heterocycles. The van der Waals surface area contributed by atoms with E-state index in [2.05, 4.69) is 53.5 Å². The minimum atomic E-state index is 0.330. The number of aliphatic imine (C=N–C) groups is 1. The molecule has 0 aliphatic carbocycles. The third kappa shape index (κ3) is 4.44. The van der Waals surface area contributed by atoms with Gasteiger partial charge in [-0.1, -0.05) is 41.5 Å². The van der Waals surface area contributed by atoms with E-state index in [-0.39, 0.29) is 0 Å². The van der Waals surface area contributed by atoms with E-state index in [1.807, 2.05) is 0 Å². The molecular formula is C12H25N. The molecule has 1 heteroatoms. The molecule has 0 saturated heterocycles. The van der Waals surface area contributed by atoms with Crippen LogP contribution in [0.25, 0.3) is 0 Å². The van der Waals surface area contributed by atoms with Crippen molar-refractivity contribution in [3.63, 3.8) is 0 Å². The van der Waals surface area contributed by atoms with Crippen LogP contribution in [0.1, 0.15) is 48.5 Å². The van der Waals surface area contributed by atoms with Gasteiger partial charge in [0.25, 0.3) is 0 Å². The Balaban J connectivity index is 4.22. The maximum absolute atomic E-state index is 4.63. The average molecular weight is 183 g/mol. The molecule has 0 aromatic rings. The van der Waals surface area contributed by atoms with Crippen molar-refractivity contribution >= 4 is 5.71 Å². The fraction of sp³-hybridized carbons (Fsp3) is 0.917. The first-order valence-corrected chi connectivity index (χ1v) is 5.28. The lowest BCUT2D eigenvalue weighted by Gasteiger charge is -2.27. The van der Waals surface area contributed by atoms with Crippen LogP contribution in [-0.4, -0.2) is 12.3 Å². The molecule has 0 bridgehead atoms. The Morgan fingerprint density at radius 3 is 1.92 bits per heavy atom. The summed E-state index contributed by atoms with van der Waals surface area (Å²) in [5.74, 6) is 1.28. The van der Waals surface area contributed by atoms with E-state index < -0.39 is 0 Å². The summed E-state index contributed by atoms with van der Waals surface area (Å²) in [7, 11) is 0. The van der Waals surface area contributed by atoms with Crippen molar-refractivity contribution in [2.45, 2.75) is 48.5 Å². The summed E-state index contributed by atoms with van der Waals surface area (Å²) in [6.07, 6.45) is 0. The van der Waals surface area contributed by atoms with Crippen LogP contribution in [0.3, 0.4) is 0 Å². The second-order valence-electron chi connectivity index (χ2n) is 5.26. The van der Waals surface area contributed by atoms with Crippen LogP contribution < -0.4 is 0 Å². The zero-order valence-electron chi connectivity index (χ0n) is 10.3. The smallest absolute Gasteiger partial charge is 0.0442 e. The van der Waals surface area contributed by atoms with Gasteiger partial charge in [0.2, 0.25) is 0 Å². The second-order valence-corrected chi connectivity index (χ2v) is 5.26. The fourth-order valence-electron chi connectivity index (χ4n) is 0.694. The van der Waals surface area contributed by atoms with Gasteiger partial charge < -0.3 is 0 Å². The summed E-state index contributed by atoms with van der Waals surface area (Å²) in [5.41, 5.74) is 1.60. The molecule has 78 valence electrons. The average Bonchev–Trinajstić information content (AvgIpc) is 1.99. The molecular weight excluding hydrogens is 158 g/mol. The van der Waals surface area contributed by atoms with Crippen molar-refractivity contribution < 1.29 is 0 Å². The summed E-state index contributed by atoms with van der Waals surface area (Å²) in [6.45, 7) is 16.6. The summed E-state index contributed by atoms with van der Waals surface area (Å²) in [6, 6.07) is 0. The molecule has 0 aliphatic heterocycles. The second kappa shape index (κ2) is 4.78. The predicted octanol–water partition coefficient (Wildman–Crippen LogP) is 3.79. The molecule has 0 rings (SSSR count). The maximum atomic E-state index is 4.63. The third-order valence-electron chi connectivity index (χ3n) is 3.13. The Kier molecular flexibility index (Phi) is 4.66. The molecule has 0 amide bonds. The predicted molar refractivity (Wildman–Crippen MR) is 61.4 cm³/mol. The quantitative estimate of drug-likeness (QED) is 0.588. The summed E-state index contributed by atoms with van der Waals surface area (Å²) < 4.78 is 0. The highest BCUT2D eigenvalue weighted by Gasteiger charge is 2.21. The number of hydrogen-bond acceptors (Lipinski definition) is 1. The van der Waals surface area contributed by atoms with Crippen LogP contribution in [0, 0.1) is 17.3 Å². The zero-order chi connectivity index (χ0) is 10.6. The van der Waals surface area contributed by atoms with Crippen molar-refractivity contribution in [1.29, 1.82) is 0 Å². The van der Waals surface area contributed by atoms with Gasteiger partial charge in [-0.3, -0.25) is 4.99 Å². The first-order valence-electron chi connectivity index (χ1n) is 5.28. The Bertz CT molecular complexity index is 176. The maximum Gasteiger partial charge on any atom is 0.0442 e. The highest BCUT2D eigenvalue weighted by Crippen LogP contribution is 2.26. The fourth-order valence-corrected chi connectivity index (χ4v) is 0.694. The molecule has 0 fully saturated rings. The van der Waals surface area contributed by atoms with E-state index in [1.165, 1.54) is 5.71 Å². The molecule has 0 saturated carbocycles. The van der Waals surface area contributed by atoms with Crippen LogP contribution in [0.5, 0.6) is 0 Å². The Hall–Kier alpha value is -0.330. The van der Waals surface area contributed by atoms with Gasteiger partial charge >= 0.3 is 0 Å². The van der Waals surface area contributed by atoms with E-state index in [0.29, 0.717) is 17.3 Å². The summed E-state index contributed by atoms with van der Waals surface area (Å²) >= 11 is 0. The Morgan fingerprint density at radius 1 is 1.15 bits per heavy atom. The van der Waals surface area contributed by atoms with Gasteiger partial charge in [-0.25, -0.2) is 0 Å². The number of rotatable bonds is 4. The molecule has 13 heavy (non-hydrogen) atoms. The minimum absolute atomic E-state index is 0.330. The van der Waals surface area contributed by atoms with E-state index in [4.69, 9.17) is 0 Å². The van der Waals surface area contributed by atoms with Gasteiger partial charge in [0.1, 0.15) is 0 Å². The van der Waals surface area contributed by atoms with E-state index >= 15 is 0 Å². The van der Waals surface area contributed by atoms with E-state index in [0.717, 1.165) is 6.54 Å². The molecule has 0 spiro atoms. The van der Waals surface area contributed by atoms with Crippen LogP contribution in [0.4, 0.5) is 0 Å². The van der Waals surface area contributed by atoms with E-state index in [9.17, 15) is 0 Å². The largest absolute Gasteiger partial charge is 0.294 e. The molecule has 0 heterocycles. The van der Waals surface area contributed by atoms with Gasteiger partial charge in [-0.2, -0.15) is 0 Å². The van der Waals surface area contributed by atoms with Crippen LogP contribution in [0.15, 0.2) is 4.99 Å². The topological polar surface area (TPSA) is 12.4 Å². The molecule has 0 radical (unpaired) electrons. The van der Waals surface area contributed by atoms with Crippen molar-refractivity contribution in [2.24, 2.45) is 22.2 Å². The first-order chi connectivity index (χ1) is 5.77. The van der Waals surface area contributed by atoms with Crippen molar-refractivity contribution in [1.82, 2.24) is 0 Å². The van der Waals surface area contributed by atoms with Crippen molar-refractivity contribution in [3.05, 3.63) is 0 Å². The van der Waals surface area contributed by atoms with E-state index in [1.54, 1.807) is 0 Å². The SMILES string of the molecule is CC(=NCC(C)(C)C(C)C)C(C)C. The number of nitrogens with zero attached hydrogens (tertiary/aromatic N) is 1. The zero-order valence-corrected chi connectivity index (χ0v) is 10.3. The lowest BCUT2D eigenvalue weighted by molar-refractivity contribution is 0.262. The molecule has 1 nitrogen and oxygen atoms in total. The van der Waals surface area contributed by atoms with Gasteiger partial charge in [-0.05, 0) is 24.2 Å². The lowest BCUT2D eigenvalue weighted by atomic mass is 9.81. The minimum Gasteiger partial charge on any atom is -0.294 e. The van der Waals surface area contributed by atoms with Crippen LogP contribution >= 0.6 is 0 Å². The number of hydrogen-bond donors (Lipinski definition) is 0. The normalized spacial score (nSPS) is 14.4. The van der Waals surface area contributed by atoms with Crippen molar-refractivity contribution in [3.8, 4) is 0 Å². The summed E-state index contributed by atoms with van der Waals surface area (Å²) in [4.78, 5) is 4.63. The third-order valence-corrected chi connectivity index (χ3v) is 3.13. The van der Waals surface area contributed by atoms with Crippen LogP contribution in [0.2, 0.25) is 0 Å². The highest BCUT2D eigenvalue weighted by atomic mass is 14.8. The van der Waals surface area contributed by atoms with Gasteiger partial charge in [0.15, 0.2) is 0 Å². The van der Waals surface area contributed by atoms with Gasteiger partial charge in [0.05, 0.1) is 0 Å². The van der Waals surface area contributed by atoms with Crippen LogP contribution in [-0.2, 0) is 0 Å². The Labute approximate surface area is 83.6 Å². The first kappa shape index (κ1) is 12.7. The highest BCUT2D eigenvalue weighted by molar-refractivity contribution is 5.83.